The maximum atomic E-state index is 12.6. The summed E-state index contributed by atoms with van der Waals surface area (Å²) >= 11 is 5.99. The van der Waals surface area contributed by atoms with Gasteiger partial charge in [-0.2, -0.15) is 4.31 Å². The van der Waals surface area contributed by atoms with E-state index in [4.69, 9.17) is 16.3 Å². The van der Waals surface area contributed by atoms with Crippen molar-refractivity contribution in [2.45, 2.75) is 25.7 Å². The molecule has 0 atom stereocenters. The van der Waals surface area contributed by atoms with Gasteiger partial charge in [0.05, 0.1) is 16.5 Å². The summed E-state index contributed by atoms with van der Waals surface area (Å²) < 4.78 is 31.8. The van der Waals surface area contributed by atoms with Crippen LogP contribution in [0.2, 0.25) is 5.02 Å². The number of hydrazine groups is 1. The van der Waals surface area contributed by atoms with Crippen LogP contribution in [0.5, 0.6) is 5.88 Å². The Balaban J connectivity index is 2.14. The first kappa shape index (κ1) is 23.6. The number of rotatable bonds is 8. The number of nitrogens with one attached hydrogen (secondary N) is 2. The summed E-state index contributed by atoms with van der Waals surface area (Å²) in [5.74, 6) is -1.23. The molecule has 0 saturated heterocycles. The second-order valence-electron chi connectivity index (χ2n) is 5.94. The van der Waals surface area contributed by atoms with Crippen molar-refractivity contribution in [2.24, 2.45) is 0 Å². The summed E-state index contributed by atoms with van der Waals surface area (Å²) in [7, 11) is -3.72. The topological polar surface area (TPSA) is 118 Å². The first-order chi connectivity index (χ1) is 14.2. The lowest BCUT2D eigenvalue weighted by Crippen LogP contribution is -2.42. The summed E-state index contributed by atoms with van der Waals surface area (Å²) in [5, 5.41) is 0.0810. The predicted molar refractivity (Wildman–Crippen MR) is 112 cm³/mol. The molecule has 2 aromatic rings. The molecule has 0 aliphatic carbocycles. The third-order valence-corrected chi connectivity index (χ3v) is 6.41. The van der Waals surface area contributed by atoms with Crippen molar-refractivity contribution in [2.75, 3.05) is 19.7 Å². The van der Waals surface area contributed by atoms with Crippen molar-refractivity contribution < 1.29 is 22.7 Å². The number of amides is 2. The van der Waals surface area contributed by atoms with E-state index in [0.717, 1.165) is 0 Å². The molecule has 1 heterocycles. The molecular weight excluding hydrogens is 432 g/mol. The van der Waals surface area contributed by atoms with Gasteiger partial charge in [0.25, 0.3) is 11.8 Å². The highest BCUT2D eigenvalue weighted by Gasteiger charge is 2.23. The number of sulfonamides is 1. The number of ether oxygens (including phenoxy) is 1. The molecule has 0 aliphatic heterocycles. The van der Waals surface area contributed by atoms with Crippen molar-refractivity contribution in [3.8, 4) is 5.88 Å². The molecule has 162 valence electrons. The molecular formula is C19H23ClN4O5S. The van der Waals surface area contributed by atoms with Crippen LogP contribution in [-0.4, -0.2) is 49.2 Å². The van der Waals surface area contributed by atoms with E-state index in [9.17, 15) is 18.0 Å². The molecule has 2 amide bonds. The monoisotopic (exact) mass is 454 g/mol. The van der Waals surface area contributed by atoms with Gasteiger partial charge in [-0.3, -0.25) is 20.4 Å². The predicted octanol–water partition coefficient (Wildman–Crippen LogP) is 2.24. The molecule has 1 aromatic heterocycles. The standard InChI is InChI=1S/C19H23ClN4O5S/c1-4-24(5-2)30(27,28)14-9-7-8-13(12-14)18(25)22-23-19(26)17-15(20)10-11-16(21-17)29-6-3/h7-12H,4-6H2,1-3H3,(H,22,25)(H,23,26). The Hall–Kier alpha value is -2.69. The molecule has 9 nitrogen and oxygen atoms in total. The normalized spacial score (nSPS) is 11.2. The summed E-state index contributed by atoms with van der Waals surface area (Å²) in [4.78, 5) is 28.7. The minimum atomic E-state index is -3.72. The van der Waals surface area contributed by atoms with Crippen molar-refractivity contribution >= 4 is 33.4 Å². The van der Waals surface area contributed by atoms with Crippen LogP contribution in [-0.2, 0) is 10.0 Å². The smallest absolute Gasteiger partial charge is 0.289 e. The van der Waals surface area contributed by atoms with Gasteiger partial charge in [-0.05, 0) is 31.2 Å². The SMILES string of the molecule is CCOc1ccc(Cl)c(C(=O)NNC(=O)c2cccc(S(=O)(=O)N(CC)CC)c2)n1. The average molecular weight is 455 g/mol. The molecule has 0 fully saturated rings. The van der Waals surface area contributed by atoms with Crippen molar-refractivity contribution in [1.82, 2.24) is 20.1 Å². The van der Waals surface area contributed by atoms with Gasteiger partial charge >= 0.3 is 0 Å². The lowest BCUT2D eigenvalue weighted by Gasteiger charge is -2.18. The Morgan fingerprint density at radius 3 is 2.37 bits per heavy atom. The van der Waals surface area contributed by atoms with Crippen LogP contribution in [0.1, 0.15) is 41.6 Å². The minimum absolute atomic E-state index is 0.0145. The first-order valence-corrected chi connectivity index (χ1v) is 11.1. The molecule has 1 aromatic carbocycles. The summed E-state index contributed by atoms with van der Waals surface area (Å²) in [6, 6.07) is 8.52. The van der Waals surface area contributed by atoms with Crippen LogP contribution in [0.25, 0.3) is 0 Å². The molecule has 0 bridgehead atoms. The van der Waals surface area contributed by atoms with Crippen LogP contribution in [0.3, 0.4) is 0 Å². The number of carbonyl (C=O) groups excluding carboxylic acids is 2. The Morgan fingerprint density at radius 1 is 1.07 bits per heavy atom. The second-order valence-corrected chi connectivity index (χ2v) is 8.28. The molecule has 0 spiro atoms. The van der Waals surface area contributed by atoms with Crippen LogP contribution < -0.4 is 15.6 Å². The number of aromatic nitrogens is 1. The van der Waals surface area contributed by atoms with Gasteiger partial charge in [0.1, 0.15) is 0 Å². The lowest BCUT2D eigenvalue weighted by atomic mass is 10.2. The Kier molecular flexibility index (Phi) is 8.16. The summed E-state index contributed by atoms with van der Waals surface area (Å²) in [6.45, 7) is 6.20. The first-order valence-electron chi connectivity index (χ1n) is 9.24. The molecule has 0 radical (unpaired) electrons. The molecule has 11 heteroatoms. The fourth-order valence-electron chi connectivity index (χ4n) is 2.57. The van der Waals surface area contributed by atoms with E-state index in [1.165, 1.54) is 40.7 Å². The van der Waals surface area contributed by atoms with Crippen LogP contribution in [0.15, 0.2) is 41.3 Å². The van der Waals surface area contributed by atoms with E-state index in [2.05, 4.69) is 15.8 Å². The third-order valence-electron chi connectivity index (χ3n) is 4.06. The Labute approximate surface area is 180 Å². The third kappa shape index (κ3) is 5.47. The highest BCUT2D eigenvalue weighted by molar-refractivity contribution is 7.89. The lowest BCUT2D eigenvalue weighted by molar-refractivity contribution is 0.0843. The van der Waals surface area contributed by atoms with E-state index in [1.807, 2.05) is 0 Å². The number of halogens is 1. The highest BCUT2D eigenvalue weighted by Crippen LogP contribution is 2.18. The van der Waals surface area contributed by atoms with Crippen LogP contribution in [0.4, 0.5) is 0 Å². The number of carbonyl (C=O) groups is 2. The Morgan fingerprint density at radius 2 is 1.73 bits per heavy atom. The van der Waals surface area contributed by atoms with E-state index < -0.39 is 21.8 Å². The van der Waals surface area contributed by atoms with Gasteiger partial charge < -0.3 is 4.74 Å². The highest BCUT2D eigenvalue weighted by atomic mass is 35.5. The van der Waals surface area contributed by atoms with E-state index >= 15 is 0 Å². The van der Waals surface area contributed by atoms with Gasteiger partial charge in [0.15, 0.2) is 5.69 Å². The Bertz CT molecular complexity index is 1030. The molecule has 2 rings (SSSR count). The maximum absolute atomic E-state index is 12.6. The number of hydrogen-bond donors (Lipinski definition) is 2. The average Bonchev–Trinajstić information content (AvgIpc) is 2.74. The molecule has 30 heavy (non-hydrogen) atoms. The fourth-order valence-corrected chi connectivity index (χ4v) is 4.26. The van der Waals surface area contributed by atoms with Gasteiger partial charge in [-0.15, -0.1) is 0 Å². The van der Waals surface area contributed by atoms with Crippen LogP contribution in [0, 0.1) is 0 Å². The zero-order chi connectivity index (χ0) is 22.3. The second kappa shape index (κ2) is 10.4. The van der Waals surface area contributed by atoms with E-state index in [0.29, 0.717) is 19.7 Å². The van der Waals surface area contributed by atoms with E-state index in [-0.39, 0.29) is 27.1 Å². The van der Waals surface area contributed by atoms with Gasteiger partial charge in [0, 0.05) is 24.7 Å². The fraction of sp³-hybridized carbons (Fsp3) is 0.316. The minimum Gasteiger partial charge on any atom is -0.478 e. The summed E-state index contributed by atoms with van der Waals surface area (Å²) in [5.41, 5.74) is 4.37. The molecule has 2 N–H and O–H groups in total. The molecule has 0 saturated carbocycles. The van der Waals surface area contributed by atoms with Crippen molar-refractivity contribution in [1.29, 1.82) is 0 Å². The van der Waals surface area contributed by atoms with Crippen molar-refractivity contribution in [3.05, 3.63) is 52.7 Å². The number of hydrogen-bond acceptors (Lipinski definition) is 6. The molecule has 0 unspecified atom stereocenters. The largest absolute Gasteiger partial charge is 0.478 e. The maximum Gasteiger partial charge on any atom is 0.289 e. The number of pyridine rings is 1. The number of benzene rings is 1. The molecule has 0 aliphatic rings. The number of nitrogens with zero attached hydrogens (tertiary/aromatic N) is 2. The van der Waals surface area contributed by atoms with Crippen molar-refractivity contribution in [3.63, 3.8) is 0 Å². The summed E-state index contributed by atoms with van der Waals surface area (Å²) in [6.07, 6.45) is 0. The van der Waals surface area contributed by atoms with Gasteiger partial charge in [0.2, 0.25) is 15.9 Å². The van der Waals surface area contributed by atoms with E-state index in [1.54, 1.807) is 20.8 Å². The quantitative estimate of drug-likeness (QED) is 0.590. The van der Waals surface area contributed by atoms with Gasteiger partial charge in [-0.1, -0.05) is 31.5 Å². The van der Waals surface area contributed by atoms with Crippen LogP contribution >= 0.6 is 11.6 Å². The van der Waals surface area contributed by atoms with Gasteiger partial charge in [-0.25, -0.2) is 13.4 Å². The zero-order valence-electron chi connectivity index (χ0n) is 16.8. The zero-order valence-corrected chi connectivity index (χ0v) is 18.4.